The smallest absolute Gasteiger partial charge is 0.230 e. The van der Waals surface area contributed by atoms with E-state index in [0.717, 1.165) is 17.9 Å². The third-order valence-corrected chi connectivity index (χ3v) is 2.51. The Morgan fingerprint density at radius 1 is 1.35 bits per heavy atom. The Kier molecular flexibility index (Phi) is 3.28. The number of hydrogen-bond donors (Lipinski definition) is 1. The van der Waals surface area contributed by atoms with Crippen LogP contribution in [0.4, 0.5) is 0 Å². The van der Waals surface area contributed by atoms with E-state index in [0.29, 0.717) is 11.5 Å². The van der Waals surface area contributed by atoms with Gasteiger partial charge in [0.05, 0.1) is 5.56 Å². The van der Waals surface area contributed by atoms with Crippen LogP contribution in [0.15, 0.2) is 34.8 Å². The molecule has 0 radical (unpaired) electrons. The van der Waals surface area contributed by atoms with E-state index in [9.17, 15) is 5.11 Å². The molecule has 0 saturated heterocycles. The molecule has 1 heterocycles. The molecule has 1 aromatic carbocycles. The molecule has 0 fully saturated rings. The predicted molar refractivity (Wildman–Crippen MR) is 67.7 cm³/mol. The van der Waals surface area contributed by atoms with Crippen LogP contribution in [0.25, 0.3) is 17.5 Å². The number of rotatable bonds is 3. The van der Waals surface area contributed by atoms with E-state index in [1.54, 1.807) is 18.2 Å². The summed E-state index contributed by atoms with van der Waals surface area (Å²) in [5.74, 6) is 1.48. The summed E-state index contributed by atoms with van der Waals surface area (Å²) < 4.78 is 5.66. The van der Waals surface area contributed by atoms with Gasteiger partial charge < -0.3 is 9.52 Å². The zero-order chi connectivity index (χ0) is 12.3. The lowest BCUT2D eigenvalue weighted by molar-refractivity contribution is 0.470. The van der Waals surface area contributed by atoms with Crippen molar-refractivity contribution in [1.29, 1.82) is 0 Å². The molecule has 2 aromatic rings. The van der Waals surface area contributed by atoms with Crippen molar-refractivity contribution in [2.24, 2.45) is 0 Å². The summed E-state index contributed by atoms with van der Waals surface area (Å²) in [4.78, 5) is 4.39. The van der Waals surface area contributed by atoms with Gasteiger partial charge in [-0.3, -0.25) is 0 Å². The molecule has 0 aliphatic rings. The zero-order valence-electron chi connectivity index (χ0n) is 9.97. The highest BCUT2D eigenvalue weighted by atomic mass is 16.4. The quantitative estimate of drug-likeness (QED) is 0.873. The molecule has 0 saturated carbocycles. The molecule has 0 bridgehead atoms. The number of phenolic OH excluding ortho intramolecular Hbond substituents is 1. The fraction of sp³-hybridized carbons (Fsp3) is 0.214. The summed E-state index contributed by atoms with van der Waals surface area (Å²) >= 11 is 0. The Hall–Kier alpha value is -2.03. The van der Waals surface area contributed by atoms with Gasteiger partial charge in [-0.25, -0.2) is 4.98 Å². The van der Waals surface area contributed by atoms with Gasteiger partial charge in [-0.05, 0) is 25.1 Å². The minimum atomic E-state index is 0.184. The summed E-state index contributed by atoms with van der Waals surface area (Å²) in [6.45, 7) is 3.95. The molecule has 17 heavy (non-hydrogen) atoms. The summed E-state index contributed by atoms with van der Waals surface area (Å²) in [6, 6.07) is 7.04. The van der Waals surface area contributed by atoms with Crippen molar-refractivity contribution in [3.05, 3.63) is 41.8 Å². The highest BCUT2D eigenvalue weighted by Gasteiger charge is 2.13. The molecule has 0 spiro atoms. The number of aryl methyl sites for hydroxylation is 1. The van der Waals surface area contributed by atoms with Crippen molar-refractivity contribution < 1.29 is 9.52 Å². The summed E-state index contributed by atoms with van der Waals surface area (Å²) in [6.07, 6.45) is 4.61. The Bertz CT molecular complexity index is 541. The van der Waals surface area contributed by atoms with E-state index in [2.05, 4.69) is 4.98 Å². The van der Waals surface area contributed by atoms with Gasteiger partial charge in [-0.1, -0.05) is 25.1 Å². The number of allylic oxidation sites excluding steroid dienone is 1. The molecule has 2 rings (SSSR count). The second-order valence-electron chi connectivity index (χ2n) is 3.70. The van der Waals surface area contributed by atoms with Gasteiger partial charge in [-0.15, -0.1) is 0 Å². The zero-order valence-corrected chi connectivity index (χ0v) is 9.97. The lowest BCUT2D eigenvalue weighted by Gasteiger charge is -1.97. The van der Waals surface area contributed by atoms with Crippen molar-refractivity contribution in [1.82, 2.24) is 4.98 Å². The Morgan fingerprint density at radius 2 is 2.12 bits per heavy atom. The Balaban J connectivity index is 2.50. The lowest BCUT2D eigenvalue weighted by Crippen LogP contribution is -1.80. The van der Waals surface area contributed by atoms with Crippen LogP contribution in [0.1, 0.15) is 25.3 Å². The number of aromatic hydroxyl groups is 1. The highest BCUT2D eigenvalue weighted by molar-refractivity contribution is 5.64. The molecule has 0 amide bonds. The van der Waals surface area contributed by atoms with Crippen LogP contribution in [0.3, 0.4) is 0 Å². The summed E-state index contributed by atoms with van der Waals surface area (Å²) in [7, 11) is 0. The standard InChI is InChI=1S/C14H15NO2/c1-3-7-11-13(4-2)17-14(15-11)10-8-5-6-9-12(10)16/h3,5-9,16H,4H2,1-2H3/b7-3-. The first-order valence-corrected chi connectivity index (χ1v) is 5.67. The van der Waals surface area contributed by atoms with Crippen LogP contribution >= 0.6 is 0 Å². The molecule has 0 unspecified atom stereocenters. The normalized spacial score (nSPS) is 11.2. The number of hydrogen-bond acceptors (Lipinski definition) is 3. The second-order valence-corrected chi connectivity index (χ2v) is 3.70. The van der Waals surface area contributed by atoms with Gasteiger partial charge in [-0.2, -0.15) is 0 Å². The summed E-state index contributed by atoms with van der Waals surface area (Å²) in [5.41, 5.74) is 1.45. The van der Waals surface area contributed by atoms with E-state index >= 15 is 0 Å². The number of aromatic nitrogens is 1. The van der Waals surface area contributed by atoms with Crippen LogP contribution in [0.5, 0.6) is 5.75 Å². The minimum Gasteiger partial charge on any atom is -0.507 e. The third-order valence-electron chi connectivity index (χ3n) is 2.51. The predicted octanol–water partition coefficient (Wildman–Crippen LogP) is 3.64. The van der Waals surface area contributed by atoms with Crippen LogP contribution < -0.4 is 0 Å². The Labute approximate surface area is 100 Å². The Morgan fingerprint density at radius 3 is 2.76 bits per heavy atom. The van der Waals surface area contributed by atoms with Crippen molar-refractivity contribution in [3.8, 4) is 17.2 Å². The van der Waals surface area contributed by atoms with E-state index in [1.165, 1.54) is 0 Å². The number of phenols is 1. The maximum atomic E-state index is 9.75. The van der Waals surface area contributed by atoms with Gasteiger partial charge in [0.2, 0.25) is 5.89 Å². The average molecular weight is 229 g/mol. The van der Waals surface area contributed by atoms with E-state index in [1.807, 2.05) is 32.1 Å². The molecule has 1 aromatic heterocycles. The molecule has 0 aliphatic carbocycles. The minimum absolute atomic E-state index is 0.184. The van der Waals surface area contributed by atoms with E-state index in [4.69, 9.17) is 4.42 Å². The average Bonchev–Trinajstić information content (AvgIpc) is 2.73. The molecule has 3 heteroatoms. The maximum Gasteiger partial charge on any atom is 0.230 e. The van der Waals surface area contributed by atoms with E-state index < -0.39 is 0 Å². The number of oxazole rings is 1. The number of nitrogens with zero attached hydrogens (tertiary/aromatic N) is 1. The number of para-hydroxylation sites is 1. The molecule has 1 N–H and O–H groups in total. The summed E-state index contributed by atoms with van der Waals surface area (Å²) in [5, 5.41) is 9.75. The first-order valence-electron chi connectivity index (χ1n) is 5.67. The van der Waals surface area contributed by atoms with Crippen LogP contribution in [0.2, 0.25) is 0 Å². The van der Waals surface area contributed by atoms with Gasteiger partial charge in [0.1, 0.15) is 17.2 Å². The monoisotopic (exact) mass is 229 g/mol. The molecular weight excluding hydrogens is 214 g/mol. The fourth-order valence-corrected chi connectivity index (χ4v) is 1.67. The van der Waals surface area contributed by atoms with E-state index in [-0.39, 0.29) is 5.75 Å². The van der Waals surface area contributed by atoms with Crippen molar-refractivity contribution >= 4 is 6.08 Å². The largest absolute Gasteiger partial charge is 0.507 e. The first-order chi connectivity index (χ1) is 8.26. The molecule has 3 nitrogen and oxygen atoms in total. The van der Waals surface area contributed by atoms with Crippen molar-refractivity contribution in [2.45, 2.75) is 20.3 Å². The topological polar surface area (TPSA) is 46.3 Å². The third kappa shape index (κ3) is 2.23. The SMILES string of the molecule is C/C=C\c1nc(-c2ccccc2O)oc1CC. The van der Waals surface area contributed by atoms with Crippen LogP contribution in [-0.4, -0.2) is 10.1 Å². The maximum absolute atomic E-state index is 9.75. The molecular formula is C14H15NO2. The van der Waals surface area contributed by atoms with Crippen LogP contribution in [0, 0.1) is 0 Å². The van der Waals surface area contributed by atoms with Crippen molar-refractivity contribution in [2.75, 3.05) is 0 Å². The lowest BCUT2D eigenvalue weighted by atomic mass is 10.2. The molecule has 0 atom stereocenters. The molecule has 88 valence electrons. The highest BCUT2D eigenvalue weighted by Crippen LogP contribution is 2.30. The first kappa shape index (κ1) is 11.5. The second kappa shape index (κ2) is 4.87. The fourth-order valence-electron chi connectivity index (χ4n) is 1.67. The van der Waals surface area contributed by atoms with Gasteiger partial charge in [0.25, 0.3) is 0 Å². The van der Waals surface area contributed by atoms with Gasteiger partial charge in [0, 0.05) is 6.42 Å². The van der Waals surface area contributed by atoms with Crippen molar-refractivity contribution in [3.63, 3.8) is 0 Å². The van der Waals surface area contributed by atoms with Gasteiger partial charge >= 0.3 is 0 Å². The van der Waals surface area contributed by atoms with Gasteiger partial charge in [0.15, 0.2) is 0 Å². The number of benzene rings is 1. The molecule has 0 aliphatic heterocycles. The van der Waals surface area contributed by atoms with Crippen LogP contribution in [-0.2, 0) is 6.42 Å².